The number of nitrogen functional groups attached to an aromatic ring is 1. The number of nitro groups is 1. The minimum atomic E-state index is -0.367. The number of hydrazine groups is 1. The molecule has 1 aromatic carbocycles. The molecule has 1 fully saturated rings. The lowest BCUT2D eigenvalue weighted by atomic mass is 10.2. The molecule has 0 unspecified atom stereocenters. The van der Waals surface area contributed by atoms with Crippen LogP contribution in [0.3, 0.4) is 0 Å². The van der Waals surface area contributed by atoms with Crippen LogP contribution in [-0.2, 0) is 6.54 Å². The first-order valence-electron chi connectivity index (χ1n) is 6.73. The van der Waals surface area contributed by atoms with E-state index in [4.69, 9.17) is 5.84 Å². The van der Waals surface area contributed by atoms with Gasteiger partial charge in [-0.15, -0.1) is 11.3 Å². The second kappa shape index (κ2) is 5.71. The Balaban J connectivity index is 2.01. The lowest BCUT2D eigenvalue weighted by molar-refractivity contribution is -0.383. The third-order valence-corrected chi connectivity index (χ3v) is 4.42. The van der Waals surface area contributed by atoms with Crippen molar-refractivity contribution in [2.75, 3.05) is 10.3 Å². The van der Waals surface area contributed by atoms with Crippen LogP contribution in [0.1, 0.15) is 17.7 Å². The molecule has 0 saturated heterocycles. The Hall–Kier alpha value is -2.12. The fourth-order valence-corrected chi connectivity index (χ4v) is 3.14. The van der Waals surface area contributed by atoms with Crippen molar-refractivity contribution in [3.63, 3.8) is 0 Å². The molecule has 0 atom stereocenters. The van der Waals surface area contributed by atoms with E-state index in [1.54, 1.807) is 29.5 Å². The van der Waals surface area contributed by atoms with Gasteiger partial charge >= 0.3 is 5.69 Å². The van der Waals surface area contributed by atoms with Gasteiger partial charge in [0.1, 0.15) is 11.4 Å². The van der Waals surface area contributed by atoms with E-state index in [9.17, 15) is 10.1 Å². The van der Waals surface area contributed by atoms with Crippen molar-refractivity contribution in [1.82, 2.24) is 0 Å². The molecular weight excluding hydrogens is 288 g/mol. The monoisotopic (exact) mass is 304 g/mol. The standard InChI is InChI=1S/C14H16N4O2S/c15-16-12-4-1-5-13(14(12)18(19)20)17(10-6-7-10)9-11-3-2-8-21-11/h1-5,8,10,16H,6-7,9,15H2. The third kappa shape index (κ3) is 2.84. The average Bonchev–Trinajstić information content (AvgIpc) is 3.20. The molecule has 0 bridgehead atoms. The molecule has 2 aromatic rings. The van der Waals surface area contributed by atoms with Crippen molar-refractivity contribution in [1.29, 1.82) is 0 Å². The molecule has 0 amide bonds. The Kier molecular flexibility index (Phi) is 3.76. The molecule has 21 heavy (non-hydrogen) atoms. The number of nitrogens with two attached hydrogens (primary N) is 1. The average molecular weight is 304 g/mol. The van der Waals surface area contributed by atoms with Gasteiger partial charge in [0.05, 0.1) is 11.5 Å². The highest BCUT2D eigenvalue weighted by molar-refractivity contribution is 7.09. The summed E-state index contributed by atoms with van der Waals surface area (Å²) in [5.41, 5.74) is 3.44. The van der Waals surface area contributed by atoms with Gasteiger partial charge in [0.25, 0.3) is 0 Å². The van der Waals surface area contributed by atoms with Crippen LogP contribution in [0.4, 0.5) is 17.1 Å². The van der Waals surface area contributed by atoms with Gasteiger partial charge < -0.3 is 10.3 Å². The largest absolute Gasteiger partial charge is 0.358 e. The zero-order valence-corrected chi connectivity index (χ0v) is 12.2. The Morgan fingerprint density at radius 1 is 1.38 bits per heavy atom. The quantitative estimate of drug-likeness (QED) is 0.486. The van der Waals surface area contributed by atoms with Crippen LogP contribution in [-0.4, -0.2) is 11.0 Å². The minimum absolute atomic E-state index is 0.0449. The summed E-state index contributed by atoms with van der Waals surface area (Å²) in [5, 5.41) is 13.5. The highest BCUT2D eigenvalue weighted by atomic mass is 32.1. The van der Waals surface area contributed by atoms with Crippen molar-refractivity contribution < 1.29 is 4.92 Å². The number of benzene rings is 1. The smallest absolute Gasteiger partial charge is 0.316 e. The summed E-state index contributed by atoms with van der Waals surface area (Å²) in [4.78, 5) is 14.4. The minimum Gasteiger partial charge on any atom is -0.358 e. The van der Waals surface area contributed by atoms with E-state index in [0.717, 1.165) is 12.8 Å². The van der Waals surface area contributed by atoms with Crippen LogP contribution in [0.25, 0.3) is 0 Å². The zero-order valence-electron chi connectivity index (χ0n) is 11.4. The number of nitro benzene ring substituents is 1. The number of thiophene rings is 1. The maximum Gasteiger partial charge on any atom is 0.316 e. The van der Waals surface area contributed by atoms with E-state index in [0.29, 0.717) is 24.0 Å². The van der Waals surface area contributed by atoms with Crippen LogP contribution in [0.2, 0.25) is 0 Å². The SMILES string of the molecule is NNc1cccc(N(Cc2cccs2)C2CC2)c1[N+](=O)[O-]. The normalized spacial score (nSPS) is 14.0. The number of hydrogen-bond donors (Lipinski definition) is 2. The number of nitrogens with zero attached hydrogens (tertiary/aromatic N) is 2. The van der Waals surface area contributed by atoms with E-state index >= 15 is 0 Å². The molecule has 1 heterocycles. The number of hydrogen-bond acceptors (Lipinski definition) is 6. The fraction of sp³-hybridized carbons (Fsp3) is 0.286. The second-order valence-corrected chi connectivity index (χ2v) is 6.05. The maximum absolute atomic E-state index is 11.4. The highest BCUT2D eigenvalue weighted by Gasteiger charge is 2.34. The van der Waals surface area contributed by atoms with Crippen molar-refractivity contribution in [2.24, 2.45) is 5.84 Å². The van der Waals surface area contributed by atoms with E-state index < -0.39 is 0 Å². The topological polar surface area (TPSA) is 84.4 Å². The van der Waals surface area contributed by atoms with E-state index in [2.05, 4.69) is 16.4 Å². The number of anilines is 2. The van der Waals surface area contributed by atoms with Crippen LogP contribution in [0, 0.1) is 10.1 Å². The molecule has 1 aliphatic rings. The van der Waals surface area contributed by atoms with Crippen molar-refractivity contribution >= 4 is 28.4 Å². The lowest BCUT2D eigenvalue weighted by Gasteiger charge is -2.24. The van der Waals surface area contributed by atoms with Gasteiger partial charge in [0.2, 0.25) is 0 Å². The Labute approximate surface area is 126 Å². The maximum atomic E-state index is 11.4. The Morgan fingerprint density at radius 2 is 2.19 bits per heavy atom. The summed E-state index contributed by atoms with van der Waals surface area (Å²) in [6.45, 7) is 0.692. The first kappa shape index (κ1) is 13.8. The summed E-state index contributed by atoms with van der Waals surface area (Å²) in [6.07, 6.45) is 2.14. The summed E-state index contributed by atoms with van der Waals surface area (Å²) in [7, 11) is 0. The first-order chi connectivity index (χ1) is 10.2. The van der Waals surface area contributed by atoms with Crippen molar-refractivity contribution in [2.45, 2.75) is 25.4 Å². The van der Waals surface area contributed by atoms with Gasteiger partial charge in [0, 0.05) is 10.9 Å². The van der Waals surface area contributed by atoms with Crippen LogP contribution < -0.4 is 16.2 Å². The second-order valence-electron chi connectivity index (χ2n) is 5.01. The first-order valence-corrected chi connectivity index (χ1v) is 7.61. The predicted molar refractivity (Wildman–Crippen MR) is 84.4 cm³/mol. The third-order valence-electron chi connectivity index (χ3n) is 3.56. The Morgan fingerprint density at radius 3 is 2.76 bits per heavy atom. The molecule has 1 aromatic heterocycles. The summed E-state index contributed by atoms with van der Waals surface area (Å²) < 4.78 is 0. The van der Waals surface area contributed by atoms with E-state index in [1.807, 2.05) is 11.4 Å². The van der Waals surface area contributed by atoms with Crippen molar-refractivity contribution in [3.8, 4) is 0 Å². The summed E-state index contributed by atoms with van der Waals surface area (Å²) >= 11 is 1.66. The molecule has 0 radical (unpaired) electrons. The predicted octanol–water partition coefficient (Wildman–Crippen LogP) is 3.11. The van der Waals surface area contributed by atoms with E-state index in [1.165, 1.54) is 4.88 Å². The van der Waals surface area contributed by atoms with Gasteiger partial charge in [-0.25, -0.2) is 0 Å². The zero-order chi connectivity index (χ0) is 14.8. The molecular formula is C14H16N4O2S. The van der Waals surface area contributed by atoms with E-state index in [-0.39, 0.29) is 10.6 Å². The summed E-state index contributed by atoms with van der Waals surface area (Å²) in [6, 6.07) is 9.64. The molecule has 7 heteroatoms. The van der Waals surface area contributed by atoms with Gasteiger partial charge in [-0.05, 0) is 36.4 Å². The Bertz CT molecular complexity index is 640. The molecule has 3 rings (SSSR count). The van der Waals surface area contributed by atoms with Crippen LogP contribution in [0.5, 0.6) is 0 Å². The molecule has 0 aliphatic heterocycles. The van der Waals surface area contributed by atoms with Gasteiger partial charge in [-0.3, -0.25) is 16.0 Å². The fourth-order valence-electron chi connectivity index (χ4n) is 2.44. The van der Waals surface area contributed by atoms with Crippen molar-refractivity contribution in [3.05, 3.63) is 50.7 Å². The lowest BCUT2D eigenvalue weighted by Crippen LogP contribution is -2.26. The van der Waals surface area contributed by atoms with Gasteiger partial charge in [-0.2, -0.15) is 0 Å². The number of para-hydroxylation sites is 1. The summed E-state index contributed by atoms with van der Waals surface area (Å²) in [5.74, 6) is 5.41. The molecule has 1 aliphatic carbocycles. The molecule has 110 valence electrons. The van der Waals surface area contributed by atoms with Gasteiger partial charge in [0.15, 0.2) is 0 Å². The molecule has 6 nitrogen and oxygen atoms in total. The molecule has 0 spiro atoms. The molecule has 1 saturated carbocycles. The van der Waals surface area contributed by atoms with Gasteiger partial charge in [-0.1, -0.05) is 12.1 Å². The highest BCUT2D eigenvalue weighted by Crippen LogP contribution is 2.41. The number of rotatable bonds is 6. The number of nitrogens with one attached hydrogen (secondary N) is 1. The van der Waals surface area contributed by atoms with Crippen LogP contribution in [0.15, 0.2) is 35.7 Å². The van der Waals surface area contributed by atoms with Crippen LogP contribution >= 0.6 is 11.3 Å². The molecule has 3 N–H and O–H groups in total.